The molecule has 0 bridgehead atoms. The van der Waals surface area contributed by atoms with E-state index in [-0.39, 0.29) is 13.2 Å². The predicted octanol–water partition coefficient (Wildman–Crippen LogP) is -4.15. The molecule has 2 saturated heterocycles. The highest BCUT2D eigenvalue weighted by atomic mass is 16.7. The quantitative estimate of drug-likeness (QED) is 0.301. The zero-order chi connectivity index (χ0) is 14.2. The molecule has 0 amide bonds. The largest absolute Gasteiger partial charge is 0.387 e. The second-order valence-corrected chi connectivity index (χ2v) is 4.64. The second-order valence-electron chi connectivity index (χ2n) is 4.64. The first-order valence-electron chi connectivity index (χ1n) is 5.98. The van der Waals surface area contributed by atoms with Gasteiger partial charge in [-0.15, -0.1) is 0 Å². The molecule has 7 N–H and O–H groups in total. The van der Waals surface area contributed by atoms with E-state index in [1.54, 1.807) is 0 Å². The molecule has 0 radical (unpaired) electrons. The van der Waals surface area contributed by atoms with E-state index in [9.17, 15) is 25.5 Å². The van der Waals surface area contributed by atoms with E-state index >= 15 is 0 Å². The normalized spacial score (nSPS) is 50.8. The Morgan fingerprint density at radius 3 is 1.95 bits per heavy atom. The molecule has 9 heteroatoms. The Morgan fingerprint density at radius 1 is 0.842 bits per heavy atom. The molecule has 8 atom stereocenters. The van der Waals surface area contributed by atoms with E-state index in [2.05, 4.69) is 0 Å². The summed E-state index contributed by atoms with van der Waals surface area (Å²) >= 11 is 0. The van der Waals surface area contributed by atoms with Gasteiger partial charge in [0.15, 0.2) is 12.6 Å². The lowest BCUT2D eigenvalue weighted by Gasteiger charge is -2.19. The van der Waals surface area contributed by atoms with Crippen LogP contribution in [0.4, 0.5) is 0 Å². The van der Waals surface area contributed by atoms with E-state index in [0.717, 1.165) is 0 Å². The van der Waals surface area contributed by atoms with Crippen molar-refractivity contribution in [3.8, 4) is 0 Å². The lowest BCUT2D eigenvalue weighted by atomic mass is 10.1. The minimum atomic E-state index is -1.49. The number of aliphatic hydroxyl groups is 5. The molecule has 112 valence electrons. The summed E-state index contributed by atoms with van der Waals surface area (Å²) < 4.78 is 15.2. The van der Waals surface area contributed by atoms with E-state index in [4.69, 9.17) is 19.9 Å². The average Bonchev–Trinajstić information content (AvgIpc) is 2.81. The topological polar surface area (TPSA) is 155 Å². The van der Waals surface area contributed by atoms with Crippen molar-refractivity contribution in [1.29, 1.82) is 0 Å². The molecule has 0 aromatic rings. The molecule has 0 unspecified atom stereocenters. The lowest BCUT2D eigenvalue weighted by Crippen LogP contribution is -2.38. The van der Waals surface area contributed by atoms with Crippen LogP contribution in [0.25, 0.3) is 0 Å². The summed E-state index contributed by atoms with van der Waals surface area (Å²) in [5.41, 5.74) is 5.34. The Labute approximate surface area is 109 Å². The molecule has 0 saturated carbocycles. The van der Waals surface area contributed by atoms with Gasteiger partial charge >= 0.3 is 0 Å². The number of ether oxygens (including phenoxy) is 3. The van der Waals surface area contributed by atoms with Gasteiger partial charge in [-0.3, -0.25) is 0 Å². The van der Waals surface area contributed by atoms with Gasteiger partial charge in [-0.05, 0) is 0 Å². The van der Waals surface area contributed by atoms with Gasteiger partial charge in [0.2, 0.25) is 0 Å². The van der Waals surface area contributed by atoms with E-state index in [1.807, 2.05) is 0 Å². The van der Waals surface area contributed by atoms with Crippen LogP contribution < -0.4 is 5.73 Å². The molecule has 2 rings (SSSR count). The van der Waals surface area contributed by atoms with Gasteiger partial charge in [0.1, 0.15) is 36.6 Å². The maximum absolute atomic E-state index is 9.65. The third-order valence-corrected chi connectivity index (χ3v) is 3.31. The molecule has 2 aliphatic rings. The van der Waals surface area contributed by atoms with Gasteiger partial charge in [0.05, 0.1) is 6.61 Å². The van der Waals surface area contributed by atoms with Gasteiger partial charge in [0, 0.05) is 6.54 Å². The fraction of sp³-hybridized carbons (Fsp3) is 1.00. The molecule has 2 aliphatic heterocycles. The number of hydrogen-bond donors (Lipinski definition) is 6. The van der Waals surface area contributed by atoms with Crippen molar-refractivity contribution < 1.29 is 39.7 Å². The molecule has 2 fully saturated rings. The predicted molar refractivity (Wildman–Crippen MR) is 58.6 cm³/mol. The van der Waals surface area contributed by atoms with Crippen LogP contribution in [-0.4, -0.2) is 87.9 Å². The Morgan fingerprint density at radius 2 is 1.47 bits per heavy atom. The Kier molecular flexibility index (Phi) is 4.71. The fourth-order valence-corrected chi connectivity index (χ4v) is 2.10. The molecular weight excluding hydrogens is 262 g/mol. The first-order chi connectivity index (χ1) is 8.95. The summed E-state index contributed by atoms with van der Waals surface area (Å²) in [4.78, 5) is 0. The smallest absolute Gasteiger partial charge is 0.186 e. The third kappa shape index (κ3) is 2.89. The number of rotatable bonds is 4. The minimum Gasteiger partial charge on any atom is -0.387 e. The highest BCUT2D eigenvalue weighted by Crippen LogP contribution is 2.24. The molecule has 19 heavy (non-hydrogen) atoms. The summed E-state index contributed by atoms with van der Waals surface area (Å²) in [6.07, 6.45) is -9.40. The summed E-state index contributed by atoms with van der Waals surface area (Å²) in [6, 6.07) is 0. The highest BCUT2D eigenvalue weighted by Gasteiger charge is 2.45. The van der Waals surface area contributed by atoms with Crippen molar-refractivity contribution in [3.05, 3.63) is 0 Å². The molecule has 0 spiro atoms. The van der Waals surface area contributed by atoms with Crippen LogP contribution in [0.2, 0.25) is 0 Å². The molecule has 2 heterocycles. The SMILES string of the molecule is NC[C@H]1O[C@H](OC[C@H]2O[C@H](O)[C@@H](O)[C@@H]2O)[C@@H](O)[C@@H]1O. The van der Waals surface area contributed by atoms with Gasteiger partial charge in [0.25, 0.3) is 0 Å². The first kappa shape index (κ1) is 15.0. The summed E-state index contributed by atoms with van der Waals surface area (Å²) in [6.45, 7) is -0.195. The van der Waals surface area contributed by atoms with Crippen LogP contribution in [0.1, 0.15) is 0 Å². The summed E-state index contributed by atoms with van der Waals surface area (Å²) in [7, 11) is 0. The molecule has 0 aromatic carbocycles. The van der Waals surface area contributed by atoms with E-state index < -0.39 is 49.2 Å². The molecule has 0 aromatic heterocycles. The van der Waals surface area contributed by atoms with Crippen molar-refractivity contribution in [1.82, 2.24) is 0 Å². The number of aliphatic hydroxyl groups excluding tert-OH is 5. The van der Waals surface area contributed by atoms with Crippen LogP contribution in [0.15, 0.2) is 0 Å². The van der Waals surface area contributed by atoms with Crippen molar-refractivity contribution in [2.24, 2.45) is 5.73 Å². The van der Waals surface area contributed by atoms with Crippen LogP contribution in [0.3, 0.4) is 0 Å². The number of hydrogen-bond acceptors (Lipinski definition) is 9. The Hall–Kier alpha value is -0.360. The Balaban J connectivity index is 1.83. The summed E-state index contributed by atoms with van der Waals surface area (Å²) in [5, 5.41) is 47.2. The van der Waals surface area contributed by atoms with Gasteiger partial charge in [-0.2, -0.15) is 0 Å². The van der Waals surface area contributed by atoms with Gasteiger partial charge < -0.3 is 45.5 Å². The standard InChI is InChI=1S/C10H19NO8/c11-1-3-5(12)8(15)10(19-3)17-2-4-6(13)7(14)9(16)18-4/h3-10,12-16H,1-2,11H2/t3-,4-,5-,6-,7+,8+,9+,10+/m1/s1. The Bertz CT molecular complexity index is 305. The number of nitrogens with two attached hydrogens (primary N) is 1. The zero-order valence-electron chi connectivity index (χ0n) is 10.1. The monoisotopic (exact) mass is 281 g/mol. The third-order valence-electron chi connectivity index (χ3n) is 3.31. The van der Waals surface area contributed by atoms with Crippen molar-refractivity contribution in [2.45, 2.75) is 49.2 Å². The van der Waals surface area contributed by atoms with E-state index in [1.165, 1.54) is 0 Å². The average molecular weight is 281 g/mol. The van der Waals surface area contributed by atoms with Crippen molar-refractivity contribution in [2.75, 3.05) is 13.2 Å². The van der Waals surface area contributed by atoms with Crippen LogP contribution in [0.5, 0.6) is 0 Å². The summed E-state index contributed by atoms with van der Waals surface area (Å²) in [5.74, 6) is 0. The van der Waals surface area contributed by atoms with E-state index in [0.29, 0.717) is 0 Å². The zero-order valence-corrected chi connectivity index (χ0v) is 10.1. The fourth-order valence-electron chi connectivity index (χ4n) is 2.10. The van der Waals surface area contributed by atoms with Crippen LogP contribution in [0, 0.1) is 0 Å². The van der Waals surface area contributed by atoms with Crippen molar-refractivity contribution in [3.63, 3.8) is 0 Å². The molecule has 0 aliphatic carbocycles. The second kappa shape index (κ2) is 5.95. The highest BCUT2D eigenvalue weighted by molar-refractivity contribution is 4.89. The van der Waals surface area contributed by atoms with Gasteiger partial charge in [-0.1, -0.05) is 0 Å². The minimum absolute atomic E-state index is 0.0259. The van der Waals surface area contributed by atoms with Crippen LogP contribution >= 0.6 is 0 Å². The lowest BCUT2D eigenvalue weighted by molar-refractivity contribution is -0.195. The van der Waals surface area contributed by atoms with Crippen molar-refractivity contribution >= 4 is 0 Å². The van der Waals surface area contributed by atoms with Gasteiger partial charge in [-0.25, -0.2) is 0 Å². The molecule has 9 nitrogen and oxygen atoms in total. The first-order valence-corrected chi connectivity index (χ1v) is 5.98. The maximum Gasteiger partial charge on any atom is 0.186 e. The molecular formula is C10H19NO8. The maximum atomic E-state index is 9.65. The van der Waals surface area contributed by atoms with Crippen LogP contribution in [-0.2, 0) is 14.2 Å².